The topological polar surface area (TPSA) is 62.5 Å². The molecule has 0 aliphatic carbocycles. The molecule has 6 heteroatoms. The summed E-state index contributed by atoms with van der Waals surface area (Å²) in [6, 6.07) is 14.4. The highest BCUT2D eigenvalue weighted by Crippen LogP contribution is 2.28. The fourth-order valence-corrected chi connectivity index (χ4v) is 3.19. The lowest BCUT2D eigenvalue weighted by atomic mass is 10.1. The first-order valence-corrected chi connectivity index (χ1v) is 9.00. The number of carbonyl (C=O) groups is 1. The van der Waals surface area contributed by atoms with Crippen molar-refractivity contribution in [2.75, 3.05) is 5.32 Å². The number of rotatable bonds is 4. The van der Waals surface area contributed by atoms with Crippen LogP contribution in [0.3, 0.4) is 0 Å². The quantitative estimate of drug-likeness (QED) is 0.515. The summed E-state index contributed by atoms with van der Waals surface area (Å²) in [5, 5.41) is 12.4. The van der Waals surface area contributed by atoms with Crippen LogP contribution in [0.2, 0.25) is 5.02 Å². The van der Waals surface area contributed by atoms with E-state index in [0.29, 0.717) is 27.8 Å². The Morgan fingerprint density at radius 1 is 1.20 bits per heavy atom. The lowest BCUT2D eigenvalue weighted by Crippen LogP contribution is -2.12. The highest BCUT2D eigenvalue weighted by atomic mass is 127. The molecule has 0 fully saturated rings. The number of nitrogens with one attached hydrogen (secondary N) is 1. The highest BCUT2D eigenvalue weighted by molar-refractivity contribution is 14.1. The van der Waals surface area contributed by atoms with Gasteiger partial charge < -0.3 is 14.8 Å². The average molecular weight is 468 g/mol. The van der Waals surface area contributed by atoms with Crippen molar-refractivity contribution in [1.29, 1.82) is 0 Å². The number of aliphatic hydroxyl groups is 1. The first-order chi connectivity index (χ1) is 12.0. The third-order valence-corrected chi connectivity index (χ3v) is 4.74. The van der Waals surface area contributed by atoms with Crippen molar-refractivity contribution in [1.82, 2.24) is 0 Å². The predicted octanol–water partition coefficient (Wildman–Crippen LogP) is 5.26. The van der Waals surface area contributed by atoms with E-state index < -0.39 is 0 Å². The van der Waals surface area contributed by atoms with Crippen LogP contribution in [0.4, 0.5) is 5.69 Å². The number of aliphatic hydroxyl groups excluding tert-OH is 1. The fraction of sp³-hybridized carbons (Fsp3) is 0.105. The number of aryl methyl sites for hydroxylation is 1. The molecule has 2 N–H and O–H groups in total. The molecule has 25 heavy (non-hydrogen) atoms. The van der Waals surface area contributed by atoms with E-state index in [-0.39, 0.29) is 12.5 Å². The van der Waals surface area contributed by atoms with Crippen molar-refractivity contribution in [3.05, 3.63) is 74.0 Å². The summed E-state index contributed by atoms with van der Waals surface area (Å²) < 4.78 is 6.50. The maximum atomic E-state index is 12.5. The van der Waals surface area contributed by atoms with Gasteiger partial charge in [0.05, 0.1) is 10.6 Å². The Morgan fingerprint density at radius 2 is 2.00 bits per heavy atom. The number of halogens is 2. The number of hydrogen-bond acceptors (Lipinski definition) is 3. The van der Waals surface area contributed by atoms with Crippen LogP contribution in [0.1, 0.15) is 21.7 Å². The molecular weight excluding hydrogens is 453 g/mol. The smallest absolute Gasteiger partial charge is 0.257 e. The third-order valence-electron chi connectivity index (χ3n) is 3.74. The van der Waals surface area contributed by atoms with E-state index in [0.717, 1.165) is 14.7 Å². The number of furan rings is 1. The number of hydrogen-bond donors (Lipinski definition) is 2. The van der Waals surface area contributed by atoms with E-state index in [1.54, 1.807) is 18.2 Å². The van der Waals surface area contributed by atoms with E-state index in [2.05, 4.69) is 27.9 Å². The van der Waals surface area contributed by atoms with Crippen LogP contribution in [0.15, 0.2) is 52.9 Å². The largest absolute Gasteiger partial charge is 0.459 e. The zero-order chi connectivity index (χ0) is 18.0. The standard InChI is InChI=1S/C19H15ClINO3/c1-11-8-13(3-5-15(11)18-7-4-14(10-23)25-18)22-19(24)16-9-12(21)2-6-17(16)20/h2-9,23H,10H2,1H3,(H,22,24). The van der Waals surface area contributed by atoms with Crippen molar-refractivity contribution in [2.45, 2.75) is 13.5 Å². The normalized spacial score (nSPS) is 10.7. The number of amides is 1. The molecule has 4 nitrogen and oxygen atoms in total. The lowest BCUT2D eigenvalue weighted by Gasteiger charge is -2.10. The van der Waals surface area contributed by atoms with Crippen LogP contribution in [0.25, 0.3) is 11.3 Å². The molecule has 1 aromatic heterocycles. The molecule has 0 unspecified atom stereocenters. The summed E-state index contributed by atoms with van der Waals surface area (Å²) in [5.41, 5.74) is 2.97. The molecule has 1 heterocycles. The van der Waals surface area contributed by atoms with Crippen molar-refractivity contribution >= 4 is 45.8 Å². The maximum Gasteiger partial charge on any atom is 0.257 e. The maximum absolute atomic E-state index is 12.5. The van der Waals surface area contributed by atoms with Crippen molar-refractivity contribution in [3.8, 4) is 11.3 Å². The van der Waals surface area contributed by atoms with Crippen LogP contribution < -0.4 is 5.32 Å². The van der Waals surface area contributed by atoms with Crippen LogP contribution in [0.5, 0.6) is 0 Å². The van der Waals surface area contributed by atoms with Gasteiger partial charge >= 0.3 is 0 Å². The molecule has 0 aliphatic rings. The van der Waals surface area contributed by atoms with E-state index >= 15 is 0 Å². The van der Waals surface area contributed by atoms with Crippen LogP contribution >= 0.6 is 34.2 Å². The zero-order valence-electron chi connectivity index (χ0n) is 13.3. The first-order valence-electron chi connectivity index (χ1n) is 7.55. The number of anilines is 1. The Balaban J connectivity index is 1.83. The van der Waals surface area contributed by atoms with E-state index in [1.165, 1.54) is 0 Å². The molecule has 3 aromatic rings. The Kier molecular flexibility index (Phi) is 5.46. The van der Waals surface area contributed by atoms with Gasteiger partial charge in [0, 0.05) is 14.8 Å². The minimum absolute atomic E-state index is 0.135. The number of benzene rings is 2. The SMILES string of the molecule is Cc1cc(NC(=O)c2cc(I)ccc2Cl)ccc1-c1ccc(CO)o1. The van der Waals surface area contributed by atoms with Gasteiger partial charge in [-0.15, -0.1) is 0 Å². The van der Waals surface area contributed by atoms with Crippen molar-refractivity contribution in [3.63, 3.8) is 0 Å². The fourth-order valence-electron chi connectivity index (χ4n) is 2.50. The molecule has 1 amide bonds. The lowest BCUT2D eigenvalue weighted by molar-refractivity contribution is 0.102. The molecule has 0 spiro atoms. The summed E-state index contributed by atoms with van der Waals surface area (Å²) in [6.07, 6.45) is 0. The van der Waals surface area contributed by atoms with Gasteiger partial charge in [0.1, 0.15) is 18.1 Å². The summed E-state index contributed by atoms with van der Waals surface area (Å²) >= 11 is 8.25. The zero-order valence-corrected chi connectivity index (χ0v) is 16.3. The van der Waals surface area contributed by atoms with Crippen molar-refractivity contribution < 1.29 is 14.3 Å². The summed E-state index contributed by atoms with van der Waals surface area (Å²) in [4.78, 5) is 12.5. The number of carbonyl (C=O) groups excluding carboxylic acids is 1. The van der Waals surface area contributed by atoms with Gasteiger partial charge in [-0.3, -0.25) is 4.79 Å². The Bertz CT molecular complexity index is 936. The molecule has 0 saturated carbocycles. The molecular formula is C19H15ClINO3. The Morgan fingerprint density at radius 3 is 2.68 bits per heavy atom. The summed E-state index contributed by atoms with van der Waals surface area (Å²) in [6.45, 7) is 1.80. The minimum atomic E-state index is -0.253. The molecule has 128 valence electrons. The van der Waals surface area contributed by atoms with Gasteiger partial charge in [0.25, 0.3) is 5.91 Å². The van der Waals surface area contributed by atoms with Gasteiger partial charge in [0.15, 0.2) is 0 Å². The highest BCUT2D eigenvalue weighted by Gasteiger charge is 2.13. The van der Waals surface area contributed by atoms with Crippen molar-refractivity contribution in [2.24, 2.45) is 0 Å². The molecule has 0 aliphatic heterocycles. The molecule has 0 radical (unpaired) electrons. The Labute approximate surface area is 164 Å². The van der Waals surface area contributed by atoms with Crippen LogP contribution in [-0.4, -0.2) is 11.0 Å². The molecule has 0 atom stereocenters. The molecule has 0 saturated heterocycles. The van der Waals surface area contributed by atoms with E-state index in [1.807, 2.05) is 37.3 Å². The van der Waals surface area contributed by atoms with Gasteiger partial charge in [-0.1, -0.05) is 11.6 Å². The molecule has 0 bridgehead atoms. The summed E-state index contributed by atoms with van der Waals surface area (Å²) in [7, 11) is 0. The second kappa shape index (κ2) is 7.59. The second-order valence-electron chi connectivity index (χ2n) is 5.53. The minimum Gasteiger partial charge on any atom is -0.459 e. The van der Waals surface area contributed by atoms with Gasteiger partial charge in [-0.2, -0.15) is 0 Å². The predicted molar refractivity (Wildman–Crippen MR) is 107 cm³/mol. The Hall–Kier alpha value is -1.83. The summed E-state index contributed by atoms with van der Waals surface area (Å²) in [5.74, 6) is 0.941. The van der Waals surface area contributed by atoms with Crippen LogP contribution in [-0.2, 0) is 6.61 Å². The third kappa shape index (κ3) is 4.05. The second-order valence-corrected chi connectivity index (χ2v) is 7.18. The van der Waals surface area contributed by atoms with E-state index in [9.17, 15) is 4.79 Å². The molecule has 3 rings (SSSR count). The van der Waals surface area contributed by atoms with Gasteiger partial charge in [0.2, 0.25) is 0 Å². The van der Waals surface area contributed by atoms with E-state index in [4.69, 9.17) is 21.1 Å². The first kappa shape index (κ1) is 18.0. The average Bonchev–Trinajstić information content (AvgIpc) is 3.06. The van der Waals surface area contributed by atoms with Gasteiger partial charge in [-0.05, 0) is 83.6 Å². The van der Waals surface area contributed by atoms with Crippen LogP contribution in [0, 0.1) is 10.5 Å². The monoisotopic (exact) mass is 467 g/mol. The van der Waals surface area contributed by atoms with Gasteiger partial charge in [-0.25, -0.2) is 0 Å². The molecule has 2 aromatic carbocycles.